The summed E-state index contributed by atoms with van der Waals surface area (Å²) in [6, 6.07) is 20.9. The highest BCUT2D eigenvalue weighted by Crippen LogP contribution is 2.25. The molecule has 2 amide bonds. The first-order valence-electron chi connectivity index (χ1n) is 8.94. The van der Waals surface area contributed by atoms with Crippen molar-refractivity contribution in [3.05, 3.63) is 84.7 Å². The molecule has 152 valence electrons. The van der Waals surface area contributed by atoms with Crippen molar-refractivity contribution in [2.75, 3.05) is 13.1 Å². The van der Waals surface area contributed by atoms with E-state index in [1.54, 1.807) is 12.4 Å². The van der Waals surface area contributed by atoms with Gasteiger partial charge in [-0.15, -0.1) is 0 Å². The SMILES string of the molecule is O.O=C(NCCNS(=O)c1ccccc1-c1ccccc1)NCc1cccnc1. The molecule has 0 radical (unpaired) electrons. The van der Waals surface area contributed by atoms with Gasteiger partial charge in [-0.1, -0.05) is 54.6 Å². The van der Waals surface area contributed by atoms with Crippen LogP contribution in [0.15, 0.2) is 84.0 Å². The third kappa shape index (κ3) is 6.79. The van der Waals surface area contributed by atoms with Crippen molar-refractivity contribution < 1.29 is 14.5 Å². The zero-order chi connectivity index (χ0) is 19.6. The Balaban J connectivity index is 0.00000300. The normalized spacial score (nSPS) is 11.2. The second kappa shape index (κ2) is 11.7. The molecule has 1 aromatic heterocycles. The van der Waals surface area contributed by atoms with E-state index in [2.05, 4.69) is 20.3 Å². The standard InChI is InChI=1S/C21H22N4O2S.H2O/c26-21(24-16-17-7-6-12-22-15-17)23-13-14-25-28(27)20-11-5-4-10-19(20)18-8-2-1-3-9-18;/h1-12,15,25H,13-14,16H2,(H2,23,24,26);1H2. The summed E-state index contributed by atoms with van der Waals surface area (Å²) < 4.78 is 15.6. The lowest BCUT2D eigenvalue weighted by Gasteiger charge is -2.11. The topological polar surface area (TPSA) is 115 Å². The number of rotatable bonds is 8. The van der Waals surface area contributed by atoms with Crippen LogP contribution in [0.2, 0.25) is 0 Å². The molecule has 0 bridgehead atoms. The van der Waals surface area contributed by atoms with Crippen LogP contribution in [0.5, 0.6) is 0 Å². The minimum atomic E-state index is -1.37. The summed E-state index contributed by atoms with van der Waals surface area (Å²) in [5.41, 5.74) is 2.87. The van der Waals surface area contributed by atoms with Gasteiger partial charge in [0.15, 0.2) is 0 Å². The number of hydrogen-bond donors (Lipinski definition) is 3. The smallest absolute Gasteiger partial charge is 0.315 e. The Morgan fingerprint density at radius 3 is 2.41 bits per heavy atom. The fourth-order valence-corrected chi connectivity index (χ4v) is 3.66. The number of amides is 2. The molecule has 0 aliphatic heterocycles. The van der Waals surface area contributed by atoms with Gasteiger partial charge in [0, 0.05) is 32.0 Å². The van der Waals surface area contributed by atoms with Gasteiger partial charge in [0.1, 0.15) is 11.0 Å². The molecule has 0 aliphatic rings. The van der Waals surface area contributed by atoms with Crippen molar-refractivity contribution in [2.45, 2.75) is 11.4 Å². The minimum absolute atomic E-state index is 0. The summed E-state index contributed by atoms with van der Waals surface area (Å²) in [6.45, 7) is 1.15. The lowest BCUT2D eigenvalue weighted by Crippen LogP contribution is -2.39. The van der Waals surface area contributed by atoms with Gasteiger partial charge >= 0.3 is 6.03 Å². The summed E-state index contributed by atoms with van der Waals surface area (Å²) in [4.78, 5) is 16.5. The van der Waals surface area contributed by atoms with E-state index in [1.807, 2.05) is 66.7 Å². The Kier molecular flexibility index (Phi) is 8.97. The number of nitrogens with zero attached hydrogens (tertiary/aromatic N) is 1. The second-order valence-electron chi connectivity index (χ2n) is 6.00. The quantitative estimate of drug-likeness (QED) is 0.492. The van der Waals surface area contributed by atoms with Crippen LogP contribution in [0.1, 0.15) is 5.56 Å². The first-order valence-corrected chi connectivity index (χ1v) is 10.1. The fraction of sp³-hybridized carbons (Fsp3) is 0.143. The average Bonchev–Trinajstić information content (AvgIpc) is 2.76. The van der Waals surface area contributed by atoms with Gasteiger partial charge in [-0.2, -0.15) is 0 Å². The number of hydrogen-bond acceptors (Lipinski definition) is 3. The molecule has 3 rings (SSSR count). The van der Waals surface area contributed by atoms with Crippen molar-refractivity contribution >= 4 is 17.0 Å². The summed E-state index contributed by atoms with van der Waals surface area (Å²) in [5, 5.41) is 5.49. The Morgan fingerprint density at radius 1 is 0.897 bits per heavy atom. The van der Waals surface area contributed by atoms with Gasteiger partial charge < -0.3 is 16.1 Å². The minimum Gasteiger partial charge on any atom is -0.412 e. The first-order chi connectivity index (χ1) is 13.7. The van der Waals surface area contributed by atoms with Crippen LogP contribution in [0.4, 0.5) is 4.79 Å². The van der Waals surface area contributed by atoms with Gasteiger partial charge in [0.25, 0.3) is 0 Å². The van der Waals surface area contributed by atoms with E-state index in [0.29, 0.717) is 19.6 Å². The first kappa shape index (κ1) is 22.2. The maximum atomic E-state index is 12.7. The molecule has 1 atom stereocenters. The highest BCUT2D eigenvalue weighted by Gasteiger charge is 2.10. The van der Waals surface area contributed by atoms with Crippen molar-refractivity contribution in [3.8, 4) is 11.1 Å². The van der Waals surface area contributed by atoms with E-state index < -0.39 is 11.0 Å². The third-order valence-corrected chi connectivity index (χ3v) is 5.21. The van der Waals surface area contributed by atoms with Gasteiger partial charge in [-0.25, -0.2) is 13.7 Å². The van der Waals surface area contributed by atoms with Gasteiger partial charge in [-0.05, 0) is 28.8 Å². The summed E-state index contributed by atoms with van der Waals surface area (Å²) >= 11 is 0. The molecule has 7 nitrogen and oxygen atoms in total. The number of nitrogens with one attached hydrogen (secondary N) is 3. The molecule has 8 heteroatoms. The second-order valence-corrected chi connectivity index (χ2v) is 7.26. The van der Waals surface area contributed by atoms with Gasteiger partial charge in [0.05, 0.1) is 4.90 Å². The Labute approximate surface area is 172 Å². The molecule has 0 fully saturated rings. The van der Waals surface area contributed by atoms with E-state index in [9.17, 15) is 9.00 Å². The molecule has 1 unspecified atom stereocenters. The third-order valence-electron chi connectivity index (χ3n) is 3.99. The molecule has 0 saturated carbocycles. The van der Waals surface area contributed by atoms with E-state index in [0.717, 1.165) is 21.6 Å². The number of benzene rings is 2. The van der Waals surface area contributed by atoms with Gasteiger partial charge in [-0.3, -0.25) is 4.98 Å². The Bertz CT molecular complexity index is 923. The molecule has 0 spiro atoms. The van der Waals surface area contributed by atoms with E-state index in [-0.39, 0.29) is 11.5 Å². The zero-order valence-corrected chi connectivity index (χ0v) is 16.6. The monoisotopic (exact) mass is 412 g/mol. The summed E-state index contributed by atoms with van der Waals surface area (Å²) in [7, 11) is -1.37. The van der Waals surface area contributed by atoms with Crippen molar-refractivity contribution in [1.82, 2.24) is 20.3 Å². The van der Waals surface area contributed by atoms with Crippen LogP contribution >= 0.6 is 0 Å². The van der Waals surface area contributed by atoms with E-state index in [1.165, 1.54) is 0 Å². The average molecular weight is 413 g/mol. The number of carbonyl (C=O) groups is 1. The molecule has 3 aromatic rings. The lowest BCUT2D eigenvalue weighted by atomic mass is 10.1. The van der Waals surface area contributed by atoms with Crippen molar-refractivity contribution in [2.24, 2.45) is 0 Å². The lowest BCUT2D eigenvalue weighted by molar-refractivity contribution is 0.240. The number of urea groups is 1. The van der Waals surface area contributed by atoms with Gasteiger partial charge in [0.2, 0.25) is 0 Å². The molecular weight excluding hydrogens is 388 g/mol. The molecule has 0 aliphatic carbocycles. The number of pyridine rings is 1. The molecule has 1 heterocycles. The van der Waals surface area contributed by atoms with Crippen LogP contribution in [-0.4, -0.2) is 33.8 Å². The Hall–Kier alpha value is -3.07. The van der Waals surface area contributed by atoms with Crippen LogP contribution < -0.4 is 15.4 Å². The van der Waals surface area contributed by atoms with Crippen molar-refractivity contribution in [3.63, 3.8) is 0 Å². The van der Waals surface area contributed by atoms with Crippen LogP contribution in [0.25, 0.3) is 11.1 Å². The van der Waals surface area contributed by atoms with Crippen LogP contribution in [0, 0.1) is 0 Å². The number of aromatic nitrogens is 1. The predicted octanol–water partition coefficient (Wildman–Crippen LogP) is 2.04. The largest absolute Gasteiger partial charge is 0.412 e. The van der Waals surface area contributed by atoms with Crippen LogP contribution in [0.3, 0.4) is 0 Å². The molecular formula is C21H24N4O3S. The summed E-state index contributed by atoms with van der Waals surface area (Å²) in [6.07, 6.45) is 3.39. The maximum absolute atomic E-state index is 12.7. The molecule has 0 saturated heterocycles. The maximum Gasteiger partial charge on any atom is 0.315 e. The highest BCUT2D eigenvalue weighted by molar-refractivity contribution is 7.83. The molecule has 2 aromatic carbocycles. The van der Waals surface area contributed by atoms with E-state index in [4.69, 9.17) is 0 Å². The number of carbonyl (C=O) groups excluding carboxylic acids is 1. The zero-order valence-electron chi connectivity index (χ0n) is 15.8. The Morgan fingerprint density at radius 2 is 1.66 bits per heavy atom. The molecule has 5 N–H and O–H groups in total. The highest BCUT2D eigenvalue weighted by atomic mass is 32.2. The fourth-order valence-electron chi connectivity index (χ4n) is 2.63. The molecule has 29 heavy (non-hydrogen) atoms. The van der Waals surface area contributed by atoms with E-state index >= 15 is 0 Å². The predicted molar refractivity (Wildman–Crippen MR) is 114 cm³/mol. The van der Waals surface area contributed by atoms with Crippen molar-refractivity contribution in [1.29, 1.82) is 0 Å². The summed E-state index contributed by atoms with van der Waals surface area (Å²) in [5.74, 6) is 0. The van der Waals surface area contributed by atoms with Crippen LogP contribution in [-0.2, 0) is 17.5 Å².